The molecule has 5 heterocycles. The molecule has 0 saturated carbocycles. The molecule has 0 aromatic heterocycles. The summed E-state index contributed by atoms with van der Waals surface area (Å²) in [6, 6.07) is 66.1. The Morgan fingerprint density at radius 1 is 0.412 bits per heavy atom. The predicted octanol–water partition coefficient (Wildman–Crippen LogP) is 15.5. The van der Waals surface area contributed by atoms with Crippen LogP contribution in [0.2, 0.25) is 0 Å². The molecule has 778 valence electrons. The molecule has 5 aliphatic rings. The summed E-state index contributed by atoms with van der Waals surface area (Å²) in [6.45, 7) is 21.3. The van der Waals surface area contributed by atoms with Crippen molar-refractivity contribution >= 4 is 141 Å². The second-order valence-electron chi connectivity index (χ2n) is 39.7. The maximum absolute atomic E-state index is 12.5. The van der Waals surface area contributed by atoms with Crippen molar-refractivity contribution in [3.05, 3.63) is 300 Å². The van der Waals surface area contributed by atoms with Crippen LogP contribution in [0.4, 0.5) is 27.1 Å². The van der Waals surface area contributed by atoms with Crippen LogP contribution in [0.15, 0.2) is 266 Å². The van der Waals surface area contributed by atoms with Gasteiger partial charge in [-0.25, -0.2) is 38.5 Å². The fourth-order valence-electron chi connectivity index (χ4n) is 20.7. The van der Waals surface area contributed by atoms with Gasteiger partial charge in [0.05, 0.1) is 73.0 Å². The van der Waals surface area contributed by atoms with Crippen LogP contribution in [0.1, 0.15) is 219 Å². The fraction of sp³-hybridized carbons (Fsp3) is 0.397. The molecule has 0 atom stereocenters. The molecule has 1 fully saturated rings. The zero-order chi connectivity index (χ0) is 106. The van der Waals surface area contributed by atoms with Crippen LogP contribution in [0.3, 0.4) is 0 Å². The van der Waals surface area contributed by atoms with Gasteiger partial charge in [0.2, 0.25) is 11.4 Å². The van der Waals surface area contributed by atoms with Crippen LogP contribution in [0.25, 0.3) is 43.1 Å². The van der Waals surface area contributed by atoms with E-state index in [0.717, 1.165) is 145 Å². The summed E-state index contributed by atoms with van der Waals surface area (Å²) in [4.78, 5) is 57.6. The minimum Gasteiger partial charge on any atom is -0.748 e. The Labute approximate surface area is 918 Å². The van der Waals surface area contributed by atoms with Crippen LogP contribution < -0.4 is 84.1 Å². The van der Waals surface area contributed by atoms with E-state index < -0.39 is 98.9 Å². The second-order valence-corrected chi connectivity index (χ2v) is 45.8. The third-order valence-electron chi connectivity index (χ3n) is 27.6. The number of fused-ring (bicyclic) bond motifs is 12. The van der Waals surface area contributed by atoms with Gasteiger partial charge in [-0.1, -0.05) is 198 Å². The summed E-state index contributed by atoms with van der Waals surface area (Å²) in [5, 5.41) is 9.33. The Balaban J connectivity index is 0.000000270. The van der Waals surface area contributed by atoms with E-state index in [9.17, 15) is 75.5 Å². The molecule has 5 aliphatic heterocycles. The number of allylic oxidation sites excluding steroid dienone is 12. The number of ketones is 1. The number of hydrogen-bond acceptors (Lipinski definition) is 22. The first-order chi connectivity index (χ1) is 70.0. The number of amides is 2. The van der Waals surface area contributed by atoms with Crippen LogP contribution in [-0.2, 0) is 99.0 Å². The number of Topliss-reactive ketones (excluding diaryl/α,β-unsaturated/α-hetero) is 1. The number of unbranched alkanes of at least 4 members (excludes halogenated alkanes) is 8. The number of nitrogens with two attached hydrogens (primary N) is 1. The number of hydrogen-bond donors (Lipinski definition) is 1. The second kappa shape index (κ2) is 54.8. The third kappa shape index (κ3) is 32.1. The van der Waals surface area contributed by atoms with Gasteiger partial charge in [-0.15, -0.1) is 5.06 Å². The van der Waals surface area contributed by atoms with Gasteiger partial charge in [0.1, 0.15) is 30.4 Å². The maximum Gasteiger partial charge on any atom is 1.00 e. The molecule has 148 heavy (non-hydrogen) atoms. The summed E-state index contributed by atoms with van der Waals surface area (Å²) in [5.74, 6) is -1.49. The third-order valence-corrected chi connectivity index (χ3v) is 30.8. The molecule has 32 heteroatoms. The van der Waals surface area contributed by atoms with E-state index in [-0.39, 0.29) is 115 Å². The van der Waals surface area contributed by atoms with E-state index in [2.05, 4.69) is 208 Å². The van der Waals surface area contributed by atoms with Crippen LogP contribution in [-0.4, -0.2) is 177 Å². The number of benzene rings is 10. The molecular formula is C116H137FN6Na2O19S4. The van der Waals surface area contributed by atoms with E-state index in [0.29, 0.717) is 114 Å². The molecule has 0 bridgehead atoms. The number of rotatable bonds is 47. The first-order valence-electron chi connectivity index (χ1n) is 51.1. The number of nitrogens with zero attached hydrogens (tertiary/aromatic N) is 5. The summed E-state index contributed by atoms with van der Waals surface area (Å²) in [7, 11) is -18.3. The van der Waals surface area contributed by atoms with Gasteiger partial charge in [-0.3, -0.25) is 18.8 Å². The molecule has 2 amide bonds. The molecule has 0 unspecified atom stereocenters. The minimum absolute atomic E-state index is 0. The van der Waals surface area contributed by atoms with Crippen molar-refractivity contribution in [3.63, 3.8) is 0 Å². The van der Waals surface area contributed by atoms with Crippen molar-refractivity contribution in [3.8, 4) is 11.5 Å². The van der Waals surface area contributed by atoms with E-state index >= 15 is 0 Å². The Hall–Kier alpha value is -9.97. The smallest absolute Gasteiger partial charge is 0.748 e. The number of aryl methyl sites for hydroxylation is 1. The molecular weight excluding hydrogens is 1970 g/mol. The van der Waals surface area contributed by atoms with E-state index in [1.54, 1.807) is 0 Å². The molecule has 2 N–H and O–H groups in total. The Morgan fingerprint density at radius 2 is 0.777 bits per heavy atom. The number of carbonyl (C=O) groups excluding carboxylic acids is 4. The summed E-state index contributed by atoms with van der Waals surface area (Å²) in [6.07, 6.45) is 32.1. The van der Waals surface area contributed by atoms with Crippen LogP contribution in [0.5, 0.6) is 11.5 Å². The number of anilines is 2. The molecule has 1 saturated heterocycles. The van der Waals surface area contributed by atoms with Gasteiger partial charge in [0.15, 0.2) is 11.4 Å². The Morgan fingerprint density at radius 3 is 1.19 bits per heavy atom. The first kappa shape index (κ1) is 118. The monoisotopic (exact) mass is 2110 g/mol. The standard InChI is InChI=1S/C56H66N2O8S2.C51H59N3O11S2.C8H11N.CH3F.2Na/c1-55(2)51(57(36-15-18-39-67(60,61)62)49-34-31-43-24-13-14-27-47(43)53(49)55)28-11-6-12-29-52-56(3,4)54-48-41-46(33-30-44(48)32-35-50(54)58(52)37-16-19-40-68(63,64)65)66-38-17-7-10-25-45(59)26-20-23-42-21-8-5-9-22-42;1-50(2)43(52(30-12-15-33-66(58,59)60)41-26-23-36-17-10-11-18-39(36)48(41)50)19-7-5-8-20-44-51(3,4)49-40-35-38(64-32-14-6-9-21-47(57)65-54-45(55)28-29-46(54)56)25-22-37(40)24-27-42(49)53(44)31-13-16-34-67(61,62)63;9-7-6-8-4-2-1-3-5-8;1-2;;/h5-6,8-9,11-14,21-22,24,27-35,41H,7,10,15-20,23,25-26,36-40H2,1-4H3,(H-,60,61,62,63,64,65);5,7-8,10-11,17-20,22-27,35H,6,9,12-16,21,28-34H2,1-4H3,(H-,58,59,60,61,62,63);1-5H,6-7,9H2;1H3;;/q;;;;2*+1/p-2/i;;;1D;;. The Bertz CT molecular complexity index is 7140. The molecule has 10 aromatic rings. The summed E-state index contributed by atoms with van der Waals surface area (Å²) >= 11 is 0. The van der Waals surface area contributed by atoms with Crippen molar-refractivity contribution in [2.45, 2.75) is 218 Å². The topological polar surface area (TPSA) is 367 Å². The minimum atomic E-state index is -4.36. The molecule has 15 rings (SSSR count). The molecule has 0 aliphatic carbocycles. The average Bonchev–Trinajstić information content (AvgIpc) is 1.58. The van der Waals surface area contributed by atoms with Crippen LogP contribution >= 0.6 is 0 Å². The number of hydroxylamine groups is 2. The van der Waals surface area contributed by atoms with Gasteiger partial charge in [0.25, 0.3) is 11.8 Å². The van der Waals surface area contributed by atoms with Crippen molar-refractivity contribution in [1.82, 2.24) is 5.06 Å². The largest absolute Gasteiger partial charge is 1.00 e. The normalized spacial score (nSPS) is 16.1. The quantitative estimate of drug-likeness (QED) is 0.00924. The number of halogens is 1. The molecule has 10 aromatic carbocycles. The first-order valence-corrected chi connectivity index (χ1v) is 56.7. The van der Waals surface area contributed by atoms with E-state index in [1.807, 2.05) is 121 Å². The average molecular weight is 2110 g/mol. The molecule has 0 radical (unpaired) electrons. The van der Waals surface area contributed by atoms with Crippen molar-refractivity contribution in [1.29, 1.82) is 0 Å². The summed E-state index contributed by atoms with van der Waals surface area (Å²) < 4.78 is 170. The van der Waals surface area contributed by atoms with Gasteiger partial charge < -0.3 is 48.1 Å². The van der Waals surface area contributed by atoms with Gasteiger partial charge in [0, 0.05) is 150 Å². The van der Waals surface area contributed by atoms with Crippen molar-refractivity contribution < 1.29 is 159 Å². The Kier molecular flexibility index (Phi) is 43.8. The molecule has 0 spiro atoms. The van der Waals surface area contributed by atoms with Gasteiger partial charge in [-0.05, 0) is 257 Å². The molecule has 25 nitrogen and oxygen atoms in total. The maximum atomic E-state index is 12.5. The number of carbonyl (C=O) groups is 4. The zero-order valence-electron chi connectivity index (χ0n) is 87.9. The van der Waals surface area contributed by atoms with Gasteiger partial charge in [-0.2, -0.15) is 9.15 Å². The van der Waals surface area contributed by atoms with Crippen LogP contribution in [0, 0.1) is 0 Å². The summed E-state index contributed by atoms with van der Waals surface area (Å²) in [5.41, 5.74) is 19.1. The van der Waals surface area contributed by atoms with E-state index in [1.165, 1.54) is 27.6 Å². The number of ether oxygens (including phenoxy) is 2. The predicted molar refractivity (Wildman–Crippen MR) is 576 cm³/mol. The zero-order valence-corrected chi connectivity index (χ0v) is 94.1. The van der Waals surface area contributed by atoms with Crippen molar-refractivity contribution in [2.24, 2.45) is 5.73 Å². The number of alkyl halides is 1. The number of imide groups is 1. The van der Waals surface area contributed by atoms with Gasteiger partial charge >= 0.3 is 65.1 Å². The van der Waals surface area contributed by atoms with E-state index in [4.69, 9.17) is 21.4 Å². The fourth-order valence-corrected chi connectivity index (χ4v) is 22.9. The SMILES string of the molecule is CC1(C)C(=CC=CC=CC2=[N+](CCCCS(=O)(=O)[O-])c3ccc4ccc(OCCCCCC(=O)CCCc5ccccc5)cc4c3C2(C)C)N(CCCCS(=O)(=O)[O-])c2ccc3ccccc3c21.CC1(C)C(=CC=CC=CC2=[N+](CCCCS(=O)(=O)[O-])c3ccc4ccc(OCCCCCC(=O)ON5C(=O)CCC5=O)cc4c3C2(C)C)N(CCCCS(=O)(=O)[O-])c2ccc3ccccc3c21.NCCc1ccccc1.[2H]CF.[Na+].[Na+]. The van der Waals surface area contributed by atoms with Crippen molar-refractivity contribution in [2.75, 3.05) is 85.9 Å².